The zero-order valence-corrected chi connectivity index (χ0v) is 10.4. The monoisotopic (exact) mass is 245 g/mol. The molecule has 0 bridgehead atoms. The highest BCUT2D eigenvalue weighted by atomic mass is 16.2. The third kappa shape index (κ3) is 2.63. The van der Waals surface area contributed by atoms with Crippen LogP contribution in [-0.4, -0.2) is 23.5 Å². The molecule has 0 spiro atoms. The van der Waals surface area contributed by atoms with Crippen molar-refractivity contribution in [2.75, 3.05) is 0 Å². The predicted octanol–water partition coefficient (Wildman–Crippen LogP) is 1.22. The predicted molar refractivity (Wildman–Crippen MR) is 68.2 cm³/mol. The van der Waals surface area contributed by atoms with Gasteiger partial charge in [-0.15, -0.1) is 0 Å². The highest BCUT2D eigenvalue weighted by Crippen LogP contribution is 2.22. The number of hydrogen-bond acceptors (Lipinski definition) is 4. The van der Waals surface area contributed by atoms with Gasteiger partial charge in [0.25, 0.3) is 0 Å². The molecule has 94 valence electrons. The summed E-state index contributed by atoms with van der Waals surface area (Å²) >= 11 is 0. The summed E-state index contributed by atoms with van der Waals surface area (Å²) in [6.07, 6.45) is 4.19. The van der Waals surface area contributed by atoms with Crippen LogP contribution in [0.4, 0.5) is 0 Å². The lowest BCUT2D eigenvalue weighted by Crippen LogP contribution is -2.41. The van der Waals surface area contributed by atoms with Crippen molar-refractivity contribution in [3.05, 3.63) is 17.8 Å². The Morgan fingerprint density at radius 2 is 2.22 bits per heavy atom. The van der Waals surface area contributed by atoms with Crippen LogP contribution < -0.4 is 5.32 Å². The Kier molecular flexibility index (Phi) is 3.53. The van der Waals surface area contributed by atoms with Gasteiger partial charge in [-0.3, -0.25) is 14.9 Å². The SMILES string of the molecule is CC(C)C1=NC=C(C2CCC(=O)NC2=O)C=C=N1. The number of allylic oxidation sites excluding steroid dienone is 1. The van der Waals surface area contributed by atoms with Gasteiger partial charge in [0.15, 0.2) is 0 Å². The van der Waals surface area contributed by atoms with E-state index in [-0.39, 0.29) is 23.7 Å². The number of carbonyl (C=O) groups is 2. The lowest BCUT2D eigenvalue weighted by Gasteiger charge is -2.20. The molecule has 0 aliphatic carbocycles. The van der Waals surface area contributed by atoms with Gasteiger partial charge in [-0.05, 0) is 17.9 Å². The van der Waals surface area contributed by atoms with E-state index in [1.165, 1.54) is 0 Å². The standard InChI is InChI=1S/C13H15N3O2/c1-8(2)12-14-6-5-9(7-15-12)10-3-4-11(17)16-13(10)18/h5,7-8,10H,3-4H2,1-2H3,(H,16,17,18). The number of piperidine rings is 1. The van der Waals surface area contributed by atoms with Crippen LogP contribution >= 0.6 is 0 Å². The van der Waals surface area contributed by atoms with Crippen molar-refractivity contribution in [2.45, 2.75) is 26.7 Å². The molecule has 0 saturated carbocycles. The average molecular weight is 245 g/mol. The van der Waals surface area contributed by atoms with Crippen molar-refractivity contribution < 1.29 is 9.59 Å². The summed E-state index contributed by atoms with van der Waals surface area (Å²) in [7, 11) is 0. The van der Waals surface area contributed by atoms with Gasteiger partial charge in [-0.25, -0.2) is 4.99 Å². The van der Waals surface area contributed by atoms with Crippen LogP contribution in [0.25, 0.3) is 0 Å². The van der Waals surface area contributed by atoms with Crippen LogP contribution in [-0.2, 0) is 9.59 Å². The van der Waals surface area contributed by atoms with Crippen molar-refractivity contribution in [3.8, 4) is 0 Å². The number of nitrogens with zero attached hydrogens (tertiary/aromatic N) is 2. The van der Waals surface area contributed by atoms with Crippen LogP contribution in [0.2, 0.25) is 0 Å². The quantitative estimate of drug-likeness (QED) is 0.743. The first-order chi connectivity index (χ1) is 8.58. The molecule has 1 saturated heterocycles. The van der Waals surface area contributed by atoms with E-state index in [0.29, 0.717) is 18.7 Å². The number of amides is 2. The average Bonchev–Trinajstić information content (AvgIpc) is 2.54. The molecule has 2 aliphatic rings. The van der Waals surface area contributed by atoms with Crippen LogP contribution in [0.1, 0.15) is 26.7 Å². The fraction of sp³-hybridized carbons (Fsp3) is 0.462. The van der Waals surface area contributed by atoms with Crippen LogP contribution in [0, 0.1) is 11.8 Å². The van der Waals surface area contributed by atoms with Gasteiger partial charge in [0.2, 0.25) is 11.8 Å². The third-order valence-electron chi connectivity index (χ3n) is 2.91. The third-order valence-corrected chi connectivity index (χ3v) is 2.91. The summed E-state index contributed by atoms with van der Waals surface area (Å²) in [4.78, 5) is 31.2. The first-order valence-electron chi connectivity index (χ1n) is 5.99. The first-order valence-corrected chi connectivity index (χ1v) is 5.99. The van der Waals surface area contributed by atoms with Gasteiger partial charge in [-0.1, -0.05) is 13.8 Å². The van der Waals surface area contributed by atoms with Crippen LogP contribution in [0.3, 0.4) is 0 Å². The Labute approximate surface area is 105 Å². The molecule has 2 aliphatic heterocycles. The molecule has 1 N–H and O–H groups in total. The van der Waals surface area contributed by atoms with Crippen LogP contribution in [0.15, 0.2) is 27.8 Å². The Morgan fingerprint density at radius 3 is 2.89 bits per heavy atom. The van der Waals surface area contributed by atoms with E-state index < -0.39 is 0 Å². The zero-order chi connectivity index (χ0) is 13.1. The van der Waals surface area contributed by atoms with Crippen molar-refractivity contribution in [1.82, 2.24) is 5.32 Å². The summed E-state index contributed by atoms with van der Waals surface area (Å²) in [5, 5.41) is 2.34. The molecule has 2 heterocycles. The lowest BCUT2D eigenvalue weighted by atomic mass is 9.91. The minimum atomic E-state index is -0.333. The Morgan fingerprint density at radius 1 is 1.44 bits per heavy atom. The fourth-order valence-electron chi connectivity index (χ4n) is 1.86. The molecule has 0 aromatic rings. The van der Waals surface area contributed by atoms with E-state index >= 15 is 0 Å². The largest absolute Gasteiger partial charge is 0.296 e. The molecule has 5 nitrogen and oxygen atoms in total. The number of carbonyl (C=O) groups excluding carboxylic acids is 2. The van der Waals surface area contributed by atoms with Crippen molar-refractivity contribution in [3.63, 3.8) is 0 Å². The summed E-state index contributed by atoms with van der Waals surface area (Å²) in [6, 6.07) is 0. The summed E-state index contributed by atoms with van der Waals surface area (Å²) in [5.41, 5.74) is 0.749. The number of hydrogen-bond donors (Lipinski definition) is 1. The van der Waals surface area contributed by atoms with E-state index in [2.05, 4.69) is 21.2 Å². The summed E-state index contributed by atoms with van der Waals surface area (Å²) in [5.74, 6) is 2.88. The topological polar surface area (TPSA) is 70.9 Å². The molecule has 5 heteroatoms. The lowest BCUT2D eigenvalue weighted by molar-refractivity contribution is -0.135. The van der Waals surface area contributed by atoms with Gasteiger partial charge in [0.1, 0.15) is 5.84 Å². The minimum Gasteiger partial charge on any atom is -0.296 e. The molecular formula is C13H15N3O2. The number of nitrogens with one attached hydrogen (secondary N) is 1. The van der Waals surface area contributed by atoms with Gasteiger partial charge >= 0.3 is 0 Å². The first kappa shape index (κ1) is 12.5. The highest BCUT2D eigenvalue weighted by Gasteiger charge is 2.28. The number of aliphatic imine (C=N–C) groups is 2. The Bertz CT molecular complexity index is 508. The highest BCUT2D eigenvalue weighted by molar-refractivity contribution is 6.00. The van der Waals surface area contributed by atoms with E-state index in [1.54, 1.807) is 12.3 Å². The fourth-order valence-corrected chi connectivity index (χ4v) is 1.86. The molecule has 1 atom stereocenters. The molecule has 1 unspecified atom stereocenters. The number of rotatable bonds is 2. The van der Waals surface area contributed by atoms with Crippen molar-refractivity contribution in [2.24, 2.45) is 21.8 Å². The second kappa shape index (κ2) is 5.10. The van der Waals surface area contributed by atoms with Gasteiger partial charge in [0, 0.05) is 24.6 Å². The van der Waals surface area contributed by atoms with Gasteiger partial charge in [-0.2, -0.15) is 4.99 Å². The molecular weight excluding hydrogens is 230 g/mol. The number of amidine groups is 1. The molecule has 0 radical (unpaired) electrons. The van der Waals surface area contributed by atoms with E-state index in [0.717, 1.165) is 5.57 Å². The maximum atomic E-state index is 11.7. The van der Waals surface area contributed by atoms with E-state index in [1.807, 2.05) is 13.8 Å². The van der Waals surface area contributed by atoms with E-state index in [4.69, 9.17) is 0 Å². The smallest absolute Gasteiger partial charge is 0.234 e. The zero-order valence-electron chi connectivity index (χ0n) is 10.4. The van der Waals surface area contributed by atoms with Crippen molar-refractivity contribution >= 4 is 23.5 Å². The molecule has 18 heavy (non-hydrogen) atoms. The maximum absolute atomic E-state index is 11.7. The normalized spacial score (nSPS) is 23.6. The molecule has 2 rings (SSSR count). The number of imide groups is 1. The van der Waals surface area contributed by atoms with E-state index in [9.17, 15) is 9.59 Å². The Hall–Kier alpha value is -2.00. The second-order valence-electron chi connectivity index (χ2n) is 4.66. The molecule has 1 fully saturated rings. The van der Waals surface area contributed by atoms with Crippen LogP contribution in [0.5, 0.6) is 0 Å². The molecule has 0 aromatic heterocycles. The summed E-state index contributed by atoms with van der Waals surface area (Å²) < 4.78 is 0. The Balaban J connectivity index is 2.22. The second-order valence-corrected chi connectivity index (χ2v) is 4.66. The molecule has 2 amide bonds. The van der Waals surface area contributed by atoms with Gasteiger partial charge < -0.3 is 0 Å². The molecule has 0 aromatic carbocycles. The van der Waals surface area contributed by atoms with Crippen molar-refractivity contribution in [1.29, 1.82) is 0 Å². The summed E-state index contributed by atoms with van der Waals surface area (Å²) in [6.45, 7) is 3.99. The minimum absolute atomic E-state index is 0.211. The van der Waals surface area contributed by atoms with Gasteiger partial charge in [0.05, 0.1) is 5.92 Å². The maximum Gasteiger partial charge on any atom is 0.234 e.